The molecule has 0 aromatic heterocycles. The van der Waals surface area contributed by atoms with Gasteiger partial charge in [-0.1, -0.05) is 30.3 Å². The quantitative estimate of drug-likeness (QED) is 0.514. The molecule has 1 N–H and O–H groups in total. The van der Waals surface area contributed by atoms with E-state index < -0.39 is 23.8 Å². The van der Waals surface area contributed by atoms with Gasteiger partial charge in [0.2, 0.25) is 0 Å². The van der Waals surface area contributed by atoms with Gasteiger partial charge in [0.1, 0.15) is 18.5 Å². The molecule has 1 saturated heterocycles. The largest absolute Gasteiger partial charge is 0.489 e. The van der Waals surface area contributed by atoms with Crippen molar-refractivity contribution in [2.45, 2.75) is 25.2 Å². The normalized spacial score (nSPS) is 17.5. The summed E-state index contributed by atoms with van der Waals surface area (Å²) in [5.74, 6) is -0.221. The van der Waals surface area contributed by atoms with Crippen LogP contribution in [-0.2, 0) is 6.18 Å². The number of hydrogen-bond donors (Lipinski definition) is 1. The van der Waals surface area contributed by atoms with Crippen LogP contribution in [0.1, 0.15) is 39.1 Å². The fourth-order valence-electron chi connectivity index (χ4n) is 4.58. The molecule has 3 aromatic carbocycles. The minimum absolute atomic E-state index is 0.0897. The van der Waals surface area contributed by atoms with Gasteiger partial charge in [-0.3, -0.25) is 14.5 Å². The molecule has 0 spiro atoms. The first-order chi connectivity index (χ1) is 17.3. The molecule has 2 amide bonds. The zero-order valence-electron chi connectivity index (χ0n) is 19.3. The van der Waals surface area contributed by atoms with Gasteiger partial charge in [0.25, 0.3) is 11.8 Å². The summed E-state index contributed by atoms with van der Waals surface area (Å²) >= 11 is 0. The number of amides is 2. The third-order valence-electron chi connectivity index (χ3n) is 6.37. The Labute approximate surface area is 206 Å². The maximum Gasteiger partial charge on any atom is 0.416 e. The molecule has 0 saturated carbocycles. The van der Waals surface area contributed by atoms with E-state index in [4.69, 9.17) is 4.74 Å². The molecule has 2 aliphatic rings. The Balaban J connectivity index is 1.46. The van der Waals surface area contributed by atoms with Crippen LogP contribution in [0.25, 0.3) is 0 Å². The molecule has 5 rings (SSSR count). The zero-order valence-corrected chi connectivity index (χ0v) is 19.3. The number of ether oxygens (including phenoxy) is 1. The average molecular weight is 496 g/mol. The van der Waals surface area contributed by atoms with Crippen molar-refractivity contribution in [3.8, 4) is 5.75 Å². The lowest BCUT2D eigenvalue weighted by molar-refractivity contribution is -0.137. The molecule has 1 fully saturated rings. The predicted molar refractivity (Wildman–Crippen MR) is 129 cm³/mol. The number of carbonyl (C=O) groups excluding carboxylic acids is 2. The van der Waals surface area contributed by atoms with E-state index in [-0.39, 0.29) is 18.2 Å². The highest BCUT2D eigenvalue weighted by Gasteiger charge is 2.36. The van der Waals surface area contributed by atoms with E-state index in [1.807, 2.05) is 0 Å². The summed E-state index contributed by atoms with van der Waals surface area (Å²) in [5, 5.41) is 3.21. The van der Waals surface area contributed by atoms with Crippen molar-refractivity contribution in [2.24, 2.45) is 0 Å². The average Bonchev–Trinajstić information content (AvgIpc) is 3.42. The summed E-state index contributed by atoms with van der Waals surface area (Å²) in [6.45, 7) is 1.28. The summed E-state index contributed by atoms with van der Waals surface area (Å²) in [6, 6.07) is 18.3. The Bertz CT molecular complexity index is 1290. The highest BCUT2D eigenvalue weighted by molar-refractivity contribution is 6.12. The number of likely N-dealkylation sites (tertiary alicyclic amines) is 1. The Morgan fingerprint density at radius 3 is 2.47 bits per heavy atom. The maximum atomic E-state index is 13.4. The lowest BCUT2D eigenvalue weighted by Gasteiger charge is -2.38. The number of carbonyl (C=O) groups is 2. The van der Waals surface area contributed by atoms with Crippen LogP contribution in [0, 0.1) is 0 Å². The van der Waals surface area contributed by atoms with Crippen molar-refractivity contribution in [2.75, 3.05) is 29.9 Å². The number of benzene rings is 3. The molecule has 0 bridgehead atoms. The highest BCUT2D eigenvalue weighted by Crippen LogP contribution is 2.35. The smallest absolute Gasteiger partial charge is 0.416 e. The number of para-hydroxylation sites is 2. The number of nitrogens with one attached hydrogen (secondary N) is 1. The molecule has 3 aromatic rings. The Morgan fingerprint density at radius 1 is 0.972 bits per heavy atom. The number of rotatable bonds is 5. The van der Waals surface area contributed by atoms with Crippen molar-refractivity contribution in [3.05, 3.63) is 89.5 Å². The number of hydrogen-bond acceptors (Lipinski definition) is 4. The second kappa shape index (κ2) is 9.56. The molecular weight excluding hydrogens is 471 g/mol. The fraction of sp³-hybridized carbons (Fsp3) is 0.259. The molecular formula is C27H24F3N3O3. The van der Waals surface area contributed by atoms with Gasteiger partial charge in [-0.15, -0.1) is 0 Å². The standard InChI is InChI=1S/C27H24F3N3O3/c28-27(29,30)18-8-7-9-19(16-18)33-24(31-22-12-3-1-10-20(22)26(33)35)17-36-23-13-4-2-11-21(23)25(34)32-14-5-6-15-32/h1-4,7-13,16,24,31H,5-6,14-15,17H2. The summed E-state index contributed by atoms with van der Waals surface area (Å²) in [4.78, 5) is 29.5. The van der Waals surface area contributed by atoms with E-state index in [1.165, 1.54) is 17.0 Å². The molecule has 0 aliphatic carbocycles. The molecule has 1 atom stereocenters. The van der Waals surface area contributed by atoms with Crippen LogP contribution in [0.3, 0.4) is 0 Å². The van der Waals surface area contributed by atoms with Gasteiger partial charge in [-0.25, -0.2) is 0 Å². The minimum Gasteiger partial charge on any atom is -0.489 e. The number of alkyl halides is 3. The second-order valence-corrected chi connectivity index (χ2v) is 8.74. The van der Waals surface area contributed by atoms with E-state index in [9.17, 15) is 22.8 Å². The first kappa shape index (κ1) is 23.7. The molecule has 2 heterocycles. The van der Waals surface area contributed by atoms with Gasteiger partial charge in [0.15, 0.2) is 0 Å². The monoisotopic (exact) mass is 495 g/mol. The third kappa shape index (κ3) is 4.60. The lowest BCUT2D eigenvalue weighted by Crippen LogP contribution is -2.52. The highest BCUT2D eigenvalue weighted by atomic mass is 19.4. The third-order valence-corrected chi connectivity index (χ3v) is 6.37. The van der Waals surface area contributed by atoms with E-state index in [0.29, 0.717) is 35.7 Å². The van der Waals surface area contributed by atoms with Crippen LogP contribution in [-0.4, -0.2) is 42.6 Å². The van der Waals surface area contributed by atoms with Crippen LogP contribution in [0.2, 0.25) is 0 Å². The second-order valence-electron chi connectivity index (χ2n) is 8.74. The number of nitrogens with zero attached hydrogens (tertiary/aromatic N) is 2. The van der Waals surface area contributed by atoms with Gasteiger partial charge in [-0.2, -0.15) is 13.2 Å². The molecule has 186 valence electrons. The van der Waals surface area contributed by atoms with Crippen LogP contribution < -0.4 is 15.0 Å². The predicted octanol–water partition coefficient (Wildman–Crippen LogP) is 5.42. The van der Waals surface area contributed by atoms with Crippen molar-refractivity contribution in [3.63, 3.8) is 0 Å². The van der Waals surface area contributed by atoms with Crippen LogP contribution in [0.5, 0.6) is 5.75 Å². The van der Waals surface area contributed by atoms with Gasteiger partial charge >= 0.3 is 6.18 Å². The molecule has 1 unspecified atom stereocenters. The van der Waals surface area contributed by atoms with Gasteiger partial charge < -0.3 is 15.0 Å². The molecule has 0 radical (unpaired) electrons. The Hall–Kier alpha value is -4.01. The molecule has 6 nitrogen and oxygen atoms in total. The van der Waals surface area contributed by atoms with Gasteiger partial charge in [-0.05, 0) is 55.3 Å². The van der Waals surface area contributed by atoms with Crippen molar-refractivity contribution in [1.29, 1.82) is 0 Å². The number of fused-ring (bicyclic) bond motifs is 1. The summed E-state index contributed by atoms with van der Waals surface area (Å²) < 4.78 is 46.3. The number of halogens is 3. The molecule has 2 aliphatic heterocycles. The maximum absolute atomic E-state index is 13.4. The first-order valence-corrected chi connectivity index (χ1v) is 11.7. The summed E-state index contributed by atoms with van der Waals surface area (Å²) in [5.41, 5.74) is 0.545. The summed E-state index contributed by atoms with van der Waals surface area (Å²) in [6.07, 6.45) is -3.46. The van der Waals surface area contributed by atoms with Crippen LogP contribution >= 0.6 is 0 Å². The topological polar surface area (TPSA) is 61.9 Å². The van der Waals surface area contributed by atoms with Gasteiger partial charge in [0, 0.05) is 24.5 Å². The SMILES string of the molecule is O=C(c1ccccc1OCC1Nc2ccccc2C(=O)N1c1cccc(C(F)(F)F)c1)N1CCCC1. The minimum atomic E-state index is -4.55. The van der Waals surface area contributed by atoms with Crippen LogP contribution in [0.15, 0.2) is 72.8 Å². The van der Waals surface area contributed by atoms with E-state index >= 15 is 0 Å². The fourth-order valence-corrected chi connectivity index (χ4v) is 4.58. The number of anilines is 2. The van der Waals surface area contributed by atoms with Crippen molar-refractivity contribution < 1.29 is 27.5 Å². The summed E-state index contributed by atoms with van der Waals surface area (Å²) in [7, 11) is 0. The van der Waals surface area contributed by atoms with Gasteiger partial charge in [0.05, 0.1) is 16.7 Å². The lowest BCUT2D eigenvalue weighted by atomic mass is 10.1. The van der Waals surface area contributed by atoms with E-state index in [2.05, 4.69) is 5.32 Å². The zero-order chi connectivity index (χ0) is 25.3. The van der Waals surface area contributed by atoms with Crippen molar-refractivity contribution in [1.82, 2.24) is 4.90 Å². The first-order valence-electron chi connectivity index (χ1n) is 11.7. The Kier molecular flexibility index (Phi) is 6.30. The van der Waals surface area contributed by atoms with E-state index in [1.54, 1.807) is 53.4 Å². The molecule has 9 heteroatoms. The molecule has 36 heavy (non-hydrogen) atoms. The van der Waals surface area contributed by atoms with E-state index in [0.717, 1.165) is 25.0 Å². The van der Waals surface area contributed by atoms with Crippen molar-refractivity contribution >= 4 is 23.2 Å². The van der Waals surface area contributed by atoms with Crippen LogP contribution in [0.4, 0.5) is 24.5 Å². The Morgan fingerprint density at radius 2 is 1.69 bits per heavy atom.